The van der Waals surface area contributed by atoms with Crippen LogP contribution in [0.4, 0.5) is 5.82 Å². The number of halogens is 1. The number of nitrogens with two attached hydrogens (primary N) is 1. The van der Waals surface area contributed by atoms with Gasteiger partial charge in [-0.2, -0.15) is 0 Å². The van der Waals surface area contributed by atoms with Crippen LogP contribution in [0.3, 0.4) is 0 Å². The van der Waals surface area contributed by atoms with Gasteiger partial charge in [0, 0.05) is 6.20 Å². The van der Waals surface area contributed by atoms with Crippen LogP contribution >= 0.6 is 11.6 Å². The number of aliphatic hydroxyl groups excluding tert-OH is 1. The highest BCUT2D eigenvalue weighted by Gasteiger charge is 2.23. The third-order valence-electron chi connectivity index (χ3n) is 3.18. The fourth-order valence-corrected chi connectivity index (χ4v) is 2.36. The van der Waals surface area contributed by atoms with E-state index in [9.17, 15) is 9.90 Å². The lowest BCUT2D eigenvalue weighted by Crippen LogP contribution is -2.36. The minimum absolute atomic E-state index is 0.0387. The number of aromatic nitrogens is 1. The summed E-state index contributed by atoms with van der Waals surface area (Å²) in [5, 5.41) is 13.3. The van der Waals surface area contributed by atoms with E-state index in [2.05, 4.69) is 10.3 Å². The summed E-state index contributed by atoms with van der Waals surface area (Å²) in [6.45, 7) is 0. The molecular formula is C12H16ClN3O2. The van der Waals surface area contributed by atoms with E-state index < -0.39 is 5.91 Å². The van der Waals surface area contributed by atoms with E-state index in [4.69, 9.17) is 17.3 Å². The second-order valence-corrected chi connectivity index (χ2v) is 4.93. The monoisotopic (exact) mass is 269 g/mol. The average Bonchev–Trinajstić information content (AvgIpc) is 2.34. The fraction of sp³-hybridized carbons (Fsp3) is 0.500. The summed E-state index contributed by atoms with van der Waals surface area (Å²) < 4.78 is 0. The van der Waals surface area contributed by atoms with Gasteiger partial charge >= 0.3 is 0 Å². The minimum atomic E-state index is -0.561. The quantitative estimate of drug-likeness (QED) is 0.777. The Balaban J connectivity index is 2.11. The van der Waals surface area contributed by atoms with E-state index in [0.29, 0.717) is 10.8 Å². The van der Waals surface area contributed by atoms with Crippen molar-refractivity contribution in [3.63, 3.8) is 0 Å². The lowest BCUT2D eigenvalue weighted by atomic mass is 9.92. The zero-order valence-corrected chi connectivity index (χ0v) is 10.7. The molecule has 1 amide bonds. The number of carbonyl (C=O) groups is 1. The Morgan fingerprint density at radius 3 is 2.83 bits per heavy atom. The zero-order chi connectivity index (χ0) is 13.1. The number of primary amides is 1. The van der Waals surface area contributed by atoms with Gasteiger partial charge in [-0.1, -0.05) is 24.4 Å². The molecule has 1 aliphatic carbocycles. The molecular weight excluding hydrogens is 254 g/mol. The van der Waals surface area contributed by atoms with Crippen LogP contribution in [0, 0.1) is 0 Å². The van der Waals surface area contributed by atoms with Gasteiger partial charge in [0.2, 0.25) is 5.91 Å². The summed E-state index contributed by atoms with van der Waals surface area (Å²) in [5.41, 5.74) is 5.41. The van der Waals surface area contributed by atoms with E-state index in [1.807, 2.05) is 0 Å². The van der Waals surface area contributed by atoms with Crippen LogP contribution in [0.2, 0.25) is 5.02 Å². The van der Waals surface area contributed by atoms with Crippen LogP contribution in [-0.2, 0) is 0 Å². The molecule has 0 saturated heterocycles. The number of rotatable bonds is 3. The SMILES string of the molecule is NC(=O)c1cnc(N[C@H]2CCCC[C@@H]2O)c(Cl)c1. The van der Waals surface area contributed by atoms with Crippen LogP contribution < -0.4 is 11.1 Å². The predicted octanol–water partition coefficient (Wildman–Crippen LogP) is 1.55. The molecule has 1 saturated carbocycles. The molecule has 0 unspecified atom stereocenters. The lowest BCUT2D eigenvalue weighted by molar-refractivity contribution is 0.0999. The third-order valence-corrected chi connectivity index (χ3v) is 3.47. The van der Waals surface area contributed by atoms with Gasteiger partial charge in [-0.3, -0.25) is 4.79 Å². The van der Waals surface area contributed by atoms with Crippen molar-refractivity contribution in [2.24, 2.45) is 5.73 Å². The van der Waals surface area contributed by atoms with Crippen molar-refractivity contribution in [1.82, 2.24) is 4.98 Å². The van der Waals surface area contributed by atoms with E-state index >= 15 is 0 Å². The molecule has 1 aromatic heterocycles. The molecule has 1 heterocycles. The van der Waals surface area contributed by atoms with E-state index in [1.54, 1.807) is 0 Å². The molecule has 2 atom stereocenters. The first kappa shape index (κ1) is 13.1. The molecule has 1 aliphatic rings. The maximum atomic E-state index is 11.0. The van der Waals surface area contributed by atoms with Gasteiger partial charge in [0.05, 0.1) is 22.7 Å². The fourth-order valence-electron chi connectivity index (χ4n) is 2.13. The van der Waals surface area contributed by atoms with E-state index in [1.165, 1.54) is 12.3 Å². The molecule has 0 spiro atoms. The summed E-state index contributed by atoms with van der Waals surface area (Å²) in [7, 11) is 0. The Kier molecular flexibility index (Phi) is 4.04. The highest BCUT2D eigenvalue weighted by molar-refractivity contribution is 6.33. The second-order valence-electron chi connectivity index (χ2n) is 4.52. The van der Waals surface area contributed by atoms with Crippen LogP contribution in [0.25, 0.3) is 0 Å². The number of amides is 1. The van der Waals surface area contributed by atoms with Gasteiger partial charge in [-0.15, -0.1) is 0 Å². The maximum Gasteiger partial charge on any atom is 0.250 e. The van der Waals surface area contributed by atoms with E-state index in [-0.39, 0.29) is 17.7 Å². The summed E-state index contributed by atoms with van der Waals surface area (Å²) in [4.78, 5) is 15.0. The Labute approximate surface area is 110 Å². The number of nitrogens with one attached hydrogen (secondary N) is 1. The standard InChI is InChI=1S/C12H16ClN3O2/c13-8-5-7(11(14)18)6-15-12(8)16-9-3-1-2-4-10(9)17/h5-6,9-10,17H,1-4H2,(H2,14,18)(H,15,16)/t9-,10-/m0/s1. The summed E-state index contributed by atoms with van der Waals surface area (Å²) in [5.74, 6) is -0.0822. The van der Waals surface area contributed by atoms with Crippen LogP contribution in [0.15, 0.2) is 12.3 Å². The zero-order valence-electron chi connectivity index (χ0n) is 9.90. The van der Waals surface area contributed by atoms with Crippen molar-refractivity contribution in [2.45, 2.75) is 37.8 Å². The Hall–Kier alpha value is -1.33. The number of anilines is 1. The first-order valence-electron chi connectivity index (χ1n) is 5.98. The van der Waals surface area contributed by atoms with Crippen molar-refractivity contribution in [3.05, 3.63) is 22.8 Å². The highest BCUT2D eigenvalue weighted by Crippen LogP contribution is 2.25. The lowest BCUT2D eigenvalue weighted by Gasteiger charge is -2.29. The molecule has 1 fully saturated rings. The molecule has 0 aliphatic heterocycles. The number of pyridine rings is 1. The third kappa shape index (κ3) is 2.91. The number of carbonyl (C=O) groups excluding carboxylic acids is 1. The molecule has 2 rings (SSSR count). The van der Waals surface area contributed by atoms with Crippen molar-refractivity contribution < 1.29 is 9.90 Å². The van der Waals surface area contributed by atoms with Gasteiger partial charge in [-0.25, -0.2) is 4.98 Å². The molecule has 6 heteroatoms. The molecule has 1 aromatic rings. The minimum Gasteiger partial charge on any atom is -0.391 e. The van der Waals surface area contributed by atoms with Crippen LogP contribution in [0.1, 0.15) is 36.0 Å². The molecule has 0 aromatic carbocycles. The molecule has 5 nitrogen and oxygen atoms in total. The summed E-state index contributed by atoms with van der Waals surface area (Å²) in [6, 6.07) is 1.44. The van der Waals surface area contributed by atoms with Gasteiger partial charge in [0.25, 0.3) is 0 Å². The second kappa shape index (κ2) is 5.54. The first-order valence-corrected chi connectivity index (χ1v) is 6.35. The first-order chi connectivity index (χ1) is 8.58. The smallest absolute Gasteiger partial charge is 0.250 e. The van der Waals surface area contributed by atoms with Crippen molar-refractivity contribution >= 4 is 23.3 Å². The number of hydrogen-bond acceptors (Lipinski definition) is 4. The average molecular weight is 270 g/mol. The molecule has 0 radical (unpaired) electrons. The number of hydrogen-bond donors (Lipinski definition) is 3. The van der Waals surface area contributed by atoms with Crippen molar-refractivity contribution in [3.8, 4) is 0 Å². The van der Waals surface area contributed by atoms with Crippen LogP contribution in [0.5, 0.6) is 0 Å². The molecule has 0 bridgehead atoms. The van der Waals surface area contributed by atoms with Gasteiger partial charge in [0.15, 0.2) is 0 Å². The maximum absolute atomic E-state index is 11.0. The largest absolute Gasteiger partial charge is 0.391 e. The van der Waals surface area contributed by atoms with Gasteiger partial charge in [0.1, 0.15) is 5.82 Å². The van der Waals surface area contributed by atoms with Gasteiger partial charge in [-0.05, 0) is 18.9 Å². The summed E-state index contributed by atoms with van der Waals surface area (Å²) in [6.07, 6.45) is 4.79. The number of nitrogens with zero attached hydrogens (tertiary/aromatic N) is 1. The van der Waals surface area contributed by atoms with Crippen molar-refractivity contribution in [2.75, 3.05) is 5.32 Å². The summed E-state index contributed by atoms with van der Waals surface area (Å²) >= 11 is 6.03. The Morgan fingerprint density at radius 1 is 1.50 bits per heavy atom. The van der Waals surface area contributed by atoms with Crippen molar-refractivity contribution in [1.29, 1.82) is 0 Å². The molecule has 18 heavy (non-hydrogen) atoms. The normalized spacial score (nSPS) is 23.7. The number of aliphatic hydroxyl groups is 1. The predicted molar refractivity (Wildman–Crippen MR) is 69.7 cm³/mol. The van der Waals surface area contributed by atoms with Gasteiger partial charge < -0.3 is 16.2 Å². The highest BCUT2D eigenvalue weighted by atomic mass is 35.5. The Bertz CT molecular complexity index is 453. The topological polar surface area (TPSA) is 88.2 Å². The van der Waals surface area contributed by atoms with Crippen LogP contribution in [-0.4, -0.2) is 28.1 Å². The molecule has 98 valence electrons. The van der Waals surface area contributed by atoms with E-state index in [0.717, 1.165) is 25.7 Å². The molecule has 4 N–H and O–H groups in total. The Morgan fingerprint density at radius 2 is 2.22 bits per heavy atom.